The molecule has 0 amide bonds. The van der Waals surface area contributed by atoms with Crippen LogP contribution in [0.2, 0.25) is 0 Å². The Morgan fingerprint density at radius 3 is 2.39 bits per heavy atom. The van der Waals surface area contributed by atoms with Gasteiger partial charge in [-0.15, -0.1) is 11.3 Å². The Morgan fingerprint density at radius 2 is 1.75 bits per heavy atom. The van der Waals surface area contributed by atoms with Crippen molar-refractivity contribution in [1.29, 1.82) is 0 Å². The molecule has 2 aromatic rings. The maximum atomic E-state index is 12.4. The Kier molecular flexibility index (Phi) is 6.73. The first-order valence-corrected chi connectivity index (χ1v) is 11.0. The van der Waals surface area contributed by atoms with Crippen LogP contribution in [0.15, 0.2) is 24.3 Å². The second-order valence-corrected chi connectivity index (χ2v) is 9.06. The van der Waals surface area contributed by atoms with Gasteiger partial charge in [-0.3, -0.25) is 0 Å². The molecule has 150 valence electrons. The summed E-state index contributed by atoms with van der Waals surface area (Å²) in [6, 6.07) is 8.67. The highest BCUT2D eigenvalue weighted by molar-refractivity contribution is 7.80. The molecular weight excluding hydrogens is 388 g/mol. The molecule has 0 radical (unpaired) electrons. The van der Waals surface area contributed by atoms with E-state index < -0.39 is 0 Å². The van der Waals surface area contributed by atoms with Gasteiger partial charge in [-0.2, -0.15) is 0 Å². The highest BCUT2D eigenvalue weighted by atomic mass is 32.1. The van der Waals surface area contributed by atoms with Gasteiger partial charge in [-0.25, -0.2) is 4.79 Å². The smallest absolute Gasteiger partial charge is 0.341 e. The summed E-state index contributed by atoms with van der Waals surface area (Å²) in [5.74, 6) is 0.226. The third-order valence-corrected chi connectivity index (χ3v) is 6.67. The fraction of sp³-hybridized carbons (Fsp3) is 0.455. The molecule has 0 bridgehead atoms. The van der Waals surface area contributed by atoms with Gasteiger partial charge < -0.3 is 15.4 Å². The zero-order chi connectivity index (χ0) is 20.3. The number of thiocarbonyl (C=S) groups is 1. The fourth-order valence-electron chi connectivity index (χ4n) is 3.56. The molecule has 2 N–H and O–H groups in total. The third kappa shape index (κ3) is 4.55. The van der Waals surface area contributed by atoms with E-state index in [1.807, 2.05) is 0 Å². The molecule has 0 fully saturated rings. The first-order chi connectivity index (χ1) is 13.4. The lowest BCUT2D eigenvalue weighted by Gasteiger charge is -2.18. The summed E-state index contributed by atoms with van der Waals surface area (Å²) in [6.45, 7) is 6.46. The Morgan fingerprint density at radius 1 is 1.11 bits per heavy atom. The molecule has 0 saturated heterocycles. The molecule has 6 heteroatoms. The maximum Gasteiger partial charge on any atom is 0.341 e. The van der Waals surface area contributed by atoms with Crippen LogP contribution in [-0.4, -0.2) is 18.2 Å². The standard InChI is InChI=1S/C22H28N2O2S2/c1-13(2)15-9-11-16(12-10-15)14(3)23-22(27)24-20-19(21(25)26-4)17-7-5-6-8-18(17)28-20/h9-14H,5-8H2,1-4H3,(H2,23,24,27). The van der Waals surface area contributed by atoms with Gasteiger partial charge in [0.15, 0.2) is 5.11 Å². The van der Waals surface area contributed by atoms with Crippen LogP contribution in [0.1, 0.15) is 77.5 Å². The molecule has 3 rings (SSSR count). The number of benzene rings is 1. The van der Waals surface area contributed by atoms with Crippen LogP contribution in [0.3, 0.4) is 0 Å². The number of esters is 1. The van der Waals surface area contributed by atoms with E-state index >= 15 is 0 Å². The Bertz CT molecular complexity index is 856. The summed E-state index contributed by atoms with van der Waals surface area (Å²) in [4.78, 5) is 13.6. The van der Waals surface area contributed by atoms with Crippen molar-refractivity contribution in [3.63, 3.8) is 0 Å². The lowest BCUT2D eigenvalue weighted by atomic mass is 9.95. The number of rotatable bonds is 5. The summed E-state index contributed by atoms with van der Waals surface area (Å²) in [5, 5.41) is 7.89. The lowest BCUT2D eigenvalue weighted by Crippen LogP contribution is -2.31. The first-order valence-electron chi connectivity index (χ1n) is 9.81. The number of thiophene rings is 1. The molecule has 0 spiro atoms. The van der Waals surface area contributed by atoms with Gasteiger partial charge in [0.2, 0.25) is 0 Å². The number of fused-ring (bicyclic) bond motifs is 1. The van der Waals surface area contributed by atoms with Gasteiger partial charge in [-0.05, 0) is 67.4 Å². The Hall–Kier alpha value is -1.92. The van der Waals surface area contributed by atoms with Crippen molar-refractivity contribution in [1.82, 2.24) is 5.32 Å². The number of hydrogen-bond donors (Lipinski definition) is 2. The molecule has 0 aliphatic heterocycles. The summed E-state index contributed by atoms with van der Waals surface area (Å²) < 4.78 is 5.03. The average Bonchev–Trinajstić information content (AvgIpc) is 3.04. The zero-order valence-corrected chi connectivity index (χ0v) is 18.6. The van der Waals surface area contributed by atoms with Crippen LogP contribution in [0.5, 0.6) is 0 Å². The van der Waals surface area contributed by atoms with E-state index in [2.05, 4.69) is 55.7 Å². The molecule has 1 aromatic carbocycles. The first kappa shape index (κ1) is 20.8. The van der Waals surface area contributed by atoms with Gasteiger partial charge in [-0.1, -0.05) is 38.1 Å². The van der Waals surface area contributed by atoms with Gasteiger partial charge >= 0.3 is 5.97 Å². The minimum Gasteiger partial charge on any atom is -0.465 e. The van der Waals surface area contributed by atoms with E-state index in [4.69, 9.17) is 17.0 Å². The SMILES string of the molecule is COC(=O)c1c(NC(=S)NC(C)c2ccc(C(C)C)cc2)sc2c1CCCC2. The van der Waals surface area contributed by atoms with Crippen LogP contribution in [-0.2, 0) is 17.6 Å². The minimum absolute atomic E-state index is 0.0670. The molecule has 1 aliphatic carbocycles. The second-order valence-electron chi connectivity index (χ2n) is 7.55. The van der Waals surface area contributed by atoms with Crippen molar-refractivity contribution in [3.05, 3.63) is 51.4 Å². The van der Waals surface area contributed by atoms with Crippen molar-refractivity contribution in [3.8, 4) is 0 Å². The van der Waals surface area contributed by atoms with Gasteiger partial charge in [0.05, 0.1) is 18.7 Å². The zero-order valence-electron chi connectivity index (χ0n) is 16.9. The fourth-order valence-corrected chi connectivity index (χ4v) is 5.19. The number of hydrogen-bond acceptors (Lipinski definition) is 4. The van der Waals surface area contributed by atoms with Crippen LogP contribution in [0.25, 0.3) is 0 Å². The van der Waals surface area contributed by atoms with Crippen LogP contribution < -0.4 is 10.6 Å². The van der Waals surface area contributed by atoms with E-state index in [9.17, 15) is 4.79 Å². The van der Waals surface area contributed by atoms with Crippen molar-refractivity contribution >= 4 is 39.6 Å². The van der Waals surface area contributed by atoms with Crippen LogP contribution in [0.4, 0.5) is 5.00 Å². The summed E-state index contributed by atoms with van der Waals surface area (Å²) in [5.41, 5.74) is 4.28. The van der Waals surface area contributed by atoms with Gasteiger partial charge in [0, 0.05) is 4.88 Å². The number of aryl methyl sites for hydroxylation is 1. The molecule has 1 aliphatic rings. The molecule has 1 aromatic heterocycles. The number of carbonyl (C=O) groups excluding carboxylic acids is 1. The van der Waals surface area contributed by atoms with Gasteiger partial charge in [0.25, 0.3) is 0 Å². The number of nitrogens with one attached hydrogen (secondary N) is 2. The lowest BCUT2D eigenvalue weighted by molar-refractivity contribution is 0.0601. The van der Waals surface area contributed by atoms with E-state index in [0.717, 1.165) is 29.8 Å². The molecule has 28 heavy (non-hydrogen) atoms. The molecule has 1 atom stereocenters. The van der Waals surface area contributed by atoms with Crippen molar-refractivity contribution in [2.75, 3.05) is 12.4 Å². The quantitative estimate of drug-likeness (QED) is 0.492. The van der Waals surface area contributed by atoms with E-state index in [0.29, 0.717) is 16.6 Å². The monoisotopic (exact) mass is 416 g/mol. The van der Waals surface area contributed by atoms with Crippen molar-refractivity contribution < 1.29 is 9.53 Å². The minimum atomic E-state index is -0.290. The maximum absolute atomic E-state index is 12.4. The molecule has 0 saturated carbocycles. The molecule has 1 unspecified atom stereocenters. The topological polar surface area (TPSA) is 50.4 Å². The molecule has 1 heterocycles. The van der Waals surface area contributed by atoms with Gasteiger partial charge in [0.1, 0.15) is 5.00 Å². The number of anilines is 1. The van der Waals surface area contributed by atoms with Crippen molar-refractivity contribution in [2.45, 2.75) is 58.4 Å². The molecule has 4 nitrogen and oxygen atoms in total. The van der Waals surface area contributed by atoms with Crippen LogP contribution in [0, 0.1) is 0 Å². The molecular formula is C22H28N2O2S2. The predicted molar refractivity (Wildman–Crippen MR) is 121 cm³/mol. The van der Waals surface area contributed by atoms with E-state index in [1.165, 1.54) is 29.5 Å². The summed E-state index contributed by atoms with van der Waals surface area (Å²) in [6.07, 6.45) is 4.22. The third-order valence-electron chi connectivity index (χ3n) is 5.24. The largest absolute Gasteiger partial charge is 0.465 e. The normalized spacial score (nSPS) is 14.3. The Labute approximate surface area is 176 Å². The predicted octanol–water partition coefficient (Wildman–Crippen LogP) is 5.58. The highest BCUT2D eigenvalue weighted by Gasteiger charge is 2.26. The van der Waals surface area contributed by atoms with E-state index in [1.54, 1.807) is 11.3 Å². The van der Waals surface area contributed by atoms with Crippen LogP contribution >= 0.6 is 23.6 Å². The average molecular weight is 417 g/mol. The highest BCUT2D eigenvalue weighted by Crippen LogP contribution is 2.38. The van der Waals surface area contributed by atoms with Crippen molar-refractivity contribution in [2.24, 2.45) is 0 Å². The summed E-state index contributed by atoms with van der Waals surface area (Å²) in [7, 11) is 1.43. The number of ether oxygens (including phenoxy) is 1. The number of methoxy groups -OCH3 is 1. The number of carbonyl (C=O) groups is 1. The summed E-state index contributed by atoms with van der Waals surface area (Å²) >= 11 is 7.16. The van der Waals surface area contributed by atoms with E-state index in [-0.39, 0.29) is 12.0 Å². The Balaban J connectivity index is 1.72. The second kappa shape index (κ2) is 9.05.